The number of rotatable bonds is 7. The highest BCUT2D eigenvalue weighted by Crippen LogP contribution is 2.26. The summed E-state index contributed by atoms with van der Waals surface area (Å²) in [6.45, 7) is 5.81. The standard InChI is InChI=1S/C20H22ClN5O2S/c1-12(2)28-16-6-4-5-14(10-16)19-24-25-20(26(19)22)29-11-18(27)23-17-8-7-15(21)9-13(17)3/h4-10,12H,11,22H2,1-3H3,(H,23,27). The van der Waals surface area contributed by atoms with Crippen molar-refractivity contribution in [3.8, 4) is 17.1 Å². The molecule has 0 bridgehead atoms. The first-order valence-electron chi connectivity index (χ1n) is 9.00. The van der Waals surface area contributed by atoms with Crippen LogP contribution in [0.2, 0.25) is 5.02 Å². The zero-order valence-electron chi connectivity index (χ0n) is 16.3. The van der Waals surface area contributed by atoms with Gasteiger partial charge in [-0.05, 0) is 56.7 Å². The van der Waals surface area contributed by atoms with Gasteiger partial charge in [0.05, 0.1) is 11.9 Å². The van der Waals surface area contributed by atoms with E-state index < -0.39 is 0 Å². The number of anilines is 1. The van der Waals surface area contributed by atoms with Gasteiger partial charge in [0.2, 0.25) is 11.1 Å². The van der Waals surface area contributed by atoms with Crippen LogP contribution in [-0.4, -0.2) is 32.6 Å². The molecule has 152 valence electrons. The second kappa shape index (κ2) is 9.19. The first kappa shape index (κ1) is 21.0. The largest absolute Gasteiger partial charge is 0.491 e. The normalized spacial score (nSPS) is 10.9. The molecule has 0 unspecified atom stereocenters. The third kappa shape index (κ3) is 5.42. The van der Waals surface area contributed by atoms with Gasteiger partial charge in [-0.1, -0.05) is 35.5 Å². The lowest BCUT2D eigenvalue weighted by molar-refractivity contribution is -0.113. The number of amides is 1. The number of nitrogens with zero attached hydrogens (tertiary/aromatic N) is 3. The van der Waals surface area contributed by atoms with Crippen LogP contribution < -0.4 is 15.9 Å². The number of nitrogens with two attached hydrogens (primary N) is 1. The summed E-state index contributed by atoms with van der Waals surface area (Å²) in [5, 5.41) is 12.2. The fourth-order valence-corrected chi connectivity index (χ4v) is 3.52. The van der Waals surface area contributed by atoms with Crippen LogP contribution in [0.4, 0.5) is 5.69 Å². The molecule has 1 amide bonds. The molecule has 0 aliphatic carbocycles. The molecule has 0 saturated carbocycles. The first-order chi connectivity index (χ1) is 13.8. The fourth-order valence-electron chi connectivity index (χ4n) is 2.64. The Morgan fingerprint density at radius 3 is 2.79 bits per heavy atom. The predicted octanol–water partition coefficient (Wildman–Crippen LogP) is 4.14. The Balaban J connectivity index is 1.66. The molecule has 3 aromatic rings. The number of hydrogen-bond acceptors (Lipinski definition) is 6. The predicted molar refractivity (Wildman–Crippen MR) is 117 cm³/mol. The van der Waals surface area contributed by atoms with Gasteiger partial charge in [-0.2, -0.15) is 0 Å². The zero-order valence-corrected chi connectivity index (χ0v) is 17.9. The summed E-state index contributed by atoms with van der Waals surface area (Å²) in [4.78, 5) is 12.3. The van der Waals surface area contributed by atoms with E-state index in [1.165, 1.54) is 16.4 Å². The molecule has 7 nitrogen and oxygen atoms in total. The molecule has 0 atom stereocenters. The molecular formula is C20H22ClN5O2S. The quantitative estimate of drug-likeness (QED) is 0.431. The van der Waals surface area contributed by atoms with Crippen LogP contribution >= 0.6 is 23.4 Å². The number of carbonyl (C=O) groups is 1. The summed E-state index contributed by atoms with van der Waals surface area (Å²) < 4.78 is 7.09. The van der Waals surface area contributed by atoms with E-state index in [9.17, 15) is 4.79 Å². The number of nitrogen functional groups attached to an aromatic ring is 1. The monoisotopic (exact) mass is 431 g/mol. The van der Waals surface area contributed by atoms with Gasteiger partial charge in [0.25, 0.3) is 0 Å². The lowest BCUT2D eigenvalue weighted by atomic mass is 10.2. The van der Waals surface area contributed by atoms with E-state index in [0.29, 0.717) is 16.0 Å². The van der Waals surface area contributed by atoms with Crippen LogP contribution in [0.3, 0.4) is 0 Å². The minimum Gasteiger partial charge on any atom is -0.491 e. The number of benzene rings is 2. The van der Waals surface area contributed by atoms with Crippen LogP contribution in [0.25, 0.3) is 11.4 Å². The van der Waals surface area contributed by atoms with E-state index in [1.54, 1.807) is 18.2 Å². The van der Waals surface area contributed by atoms with E-state index >= 15 is 0 Å². The molecule has 29 heavy (non-hydrogen) atoms. The number of carbonyl (C=O) groups excluding carboxylic acids is 1. The SMILES string of the molecule is Cc1cc(Cl)ccc1NC(=O)CSc1nnc(-c2cccc(OC(C)C)c2)n1N. The lowest BCUT2D eigenvalue weighted by Gasteiger charge is -2.11. The maximum Gasteiger partial charge on any atom is 0.234 e. The molecule has 1 heterocycles. The minimum absolute atomic E-state index is 0.0647. The average Bonchev–Trinajstić information content (AvgIpc) is 3.02. The molecule has 3 rings (SSSR count). The Morgan fingerprint density at radius 2 is 2.07 bits per heavy atom. The van der Waals surface area contributed by atoms with Crippen LogP contribution in [0, 0.1) is 6.92 Å². The second-order valence-corrected chi connectivity index (χ2v) is 8.05. The highest BCUT2D eigenvalue weighted by Gasteiger charge is 2.15. The fraction of sp³-hybridized carbons (Fsp3) is 0.250. The van der Waals surface area contributed by atoms with Gasteiger partial charge in [-0.25, -0.2) is 4.68 Å². The molecule has 1 aromatic heterocycles. The lowest BCUT2D eigenvalue weighted by Crippen LogP contribution is -2.17. The second-order valence-electron chi connectivity index (χ2n) is 6.67. The van der Waals surface area contributed by atoms with Gasteiger partial charge in [0.15, 0.2) is 5.82 Å². The van der Waals surface area contributed by atoms with Crippen molar-refractivity contribution in [3.63, 3.8) is 0 Å². The maximum atomic E-state index is 12.3. The number of nitrogens with one attached hydrogen (secondary N) is 1. The molecule has 3 N–H and O–H groups in total. The molecule has 0 fully saturated rings. The zero-order chi connectivity index (χ0) is 21.0. The van der Waals surface area contributed by atoms with Crippen molar-refractivity contribution >= 4 is 35.0 Å². The smallest absolute Gasteiger partial charge is 0.234 e. The van der Waals surface area contributed by atoms with Gasteiger partial charge < -0.3 is 15.9 Å². The Labute approximate surface area is 178 Å². The van der Waals surface area contributed by atoms with Crippen LogP contribution in [0.15, 0.2) is 47.6 Å². The van der Waals surface area contributed by atoms with Crippen LogP contribution in [0.1, 0.15) is 19.4 Å². The van der Waals surface area contributed by atoms with Crippen molar-refractivity contribution in [1.82, 2.24) is 14.9 Å². The Hall–Kier alpha value is -2.71. The summed E-state index contributed by atoms with van der Waals surface area (Å²) in [6.07, 6.45) is 0.0647. The van der Waals surface area contributed by atoms with E-state index in [0.717, 1.165) is 22.6 Å². The van der Waals surface area contributed by atoms with Gasteiger partial charge >= 0.3 is 0 Å². The van der Waals surface area contributed by atoms with E-state index in [4.69, 9.17) is 22.2 Å². The van der Waals surface area contributed by atoms with E-state index in [2.05, 4.69) is 15.5 Å². The van der Waals surface area contributed by atoms with Crippen molar-refractivity contribution in [2.45, 2.75) is 32.0 Å². The van der Waals surface area contributed by atoms with Crippen molar-refractivity contribution in [2.75, 3.05) is 16.9 Å². The van der Waals surface area contributed by atoms with E-state index in [-0.39, 0.29) is 17.8 Å². The van der Waals surface area contributed by atoms with Crippen molar-refractivity contribution in [1.29, 1.82) is 0 Å². The number of aromatic nitrogens is 3. The summed E-state index contributed by atoms with van der Waals surface area (Å²) in [5.74, 6) is 7.35. The van der Waals surface area contributed by atoms with Crippen LogP contribution in [-0.2, 0) is 4.79 Å². The first-order valence-corrected chi connectivity index (χ1v) is 10.4. The topological polar surface area (TPSA) is 95.1 Å². The number of ether oxygens (including phenoxy) is 1. The Bertz CT molecular complexity index is 1020. The van der Waals surface area contributed by atoms with Crippen molar-refractivity contribution in [3.05, 3.63) is 53.1 Å². The Kier molecular flexibility index (Phi) is 6.66. The van der Waals surface area contributed by atoms with Gasteiger partial charge in [-0.3, -0.25) is 4.79 Å². The average molecular weight is 432 g/mol. The summed E-state index contributed by atoms with van der Waals surface area (Å²) in [7, 11) is 0. The van der Waals surface area contributed by atoms with Gasteiger partial charge in [0.1, 0.15) is 5.75 Å². The molecule has 0 spiro atoms. The van der Waals surface area contributed by atoms with Crippen LogP contribution in [0.5, 0.6) is 5.75 Å². The third-order valence-corrected chi connectivity index (χ3v) is 5.10. The van der Waals surface area contributed by atoms with Crippen molar-refractivity contribution in [2.24, 2.45) is 0 Å². The molecule has 0 radical (unpaired) electrons. The molecule has 2 aromatic carbocycles. The molecule has 0 aliphatic heterocycles. The summed E-state index contributed by atoms with van der Waals surface area (Å²) >= 11 is 7.15. The summed E-state index contributed by atoms with van der Waals surface area (Å²) in [5.41, 5.74) is 2.40. The number of halogens is 1. The highest BCUT2D eigenvalue weighted by molar-refractivity contribution is 7.99. The number of thioether (sulfide) groups is 1. The highest BCUT2D eigenvalue weighted by atomic mass is 35.5. The maximum absolute atomic E-state index is 12.3. The van der Waals surface area contributed by atoms with E-state index in [1.807, 2.05) is 45.0 Å². The van der Waals surface area contributed by atoms with Crippen molar-refractivity contribution < 1.29 is 9.53 Å². The molecule has 9 heteroatoms. The third-order valence-electron chi connectivity index (χ3n) is 3.92. The molecule has 0 saturated heterocycles. The number of aryl methyl sites for hydroxylation is 1. The van der Waals surface area contributed by atoms with Gasteiger partial charge in [-0.15, -0.1) is 10.2 Å². The van der Waals surface area contributed by atoms with Gasteiger partial charge in [0, 0.05) is 16.3 Å². The molecular weight excluding hydrogens is 410 g/mol. The molecule has 0 aliphatic rings. The minimum atomic E-state index is -0.169. The summed E-state index contributed by atoms with van der Waals surface area (Å²) in [6, 6.07) is 12.8. The number of hydrogen-bond donors (Lipinski definition) is 2. The Morgan fingerprint density at radius 1 is 1.28 bits per heavy atom.